The molecule has 128 valence electrons. The Bertz CT molecular complexity index is 915. The number of aryl methyl sites for hydroxylation is 1. The van der Waals surface area contributed by atoms with E-state index in [-0.39, 0.29) is 0 Å². The van der Waals surface area contributed by atoms with E-state index in [2.05, 4.69) is 36.7 Å². The molecule has 0 saturated carbocycles. The molecule has 2 aromatic carbocycles. The summed E-state index contributed by atoms with van der Waals surface area (Å²) in [5.41, 5.74) is 2.83. The van der Waals surface area contributed by atoms with Crippen LogP contribution in [0.1, 0.15) is 11.5 Å². The maximum atomic E-state index is 5.98. The van der Waals surface area contributed by atoms with Crippen LogP contribution in [-0.2, 0) is 6.54 Å². The molecule has 0 fully saturated rings. The fourth-order valence-corrected chi connectivity index (χ4v) is 2.75. The lowest BCUT2D eigenvalue weighted by Crippen LogP contribution is -2.28. The van der Waals surface area contributed by atoms with Gasteiger partial charge in [-0.15, -0.1) is 0 Å². The van der Waals surface area contributed by atoms with Crippen molar-refractivity contribution in [2.24, 2.45) is 0 Å². The highest BCUT2D eigenvalue weighted by Gasteiger charge is 2.09. The molecule has 25 heavy (non-hydrogen) atoms. The maximum absolute atomic E-state index is 5.98. The number of benzene rings is 2. The van der Waals surface area contributed by atoms with Crippen molar-refractivity contribution in [2.45, 2.75) is 13.5 Å². The van der Waals surface area contributed by atoms with E-state index >= 15 is 0 Å². The van der Waals surface area contributed by atoms with E-state index in [1.807, 2.05) is 37.3 Å². The molecule has 0 aliphatic carbocycles. The van der Waals surface area contributed by atoms with Crippen LogP contribution in [0.4, 0.5) is 5.69 Å². The second-order valence-electron chi connectivity index (χ2n) is 5.29. The molecule has 5 nitrogen and oxygen atoms in total. The third-order valence-electron chi connectivity index (χ3n) is 3.37. The first-order valence-electron chi connectivity index (χ1n) is 7.41. The lowest BCUT2D eigenvalue weighted by molar-refractivity contribution is 0.376. The Morgan fingerprint density at radius 1 is 1.28 bits per heavy atom. The molecule has 0 radical (unpaired) electrons. The van der Waals surface area contributed by atoms with Gasteiger partial charge in [0.2, 0.25) is 11.7 Å². The van der Waals surface area contributed by atoms with Crippen molar-refractivity contribution in [2.75, 3.05) is 5.32 Å². The minimum atomic E-state index is 0.328. The first-order chi connectivity index (χ1) is 12.0. The first kappa shape index (κ1) is 17.8. The molecular weight excluding hydrogens is 424 g/mol. The SMILES string of the molecule is Cc1cc(NC(=S)NCc2nc(-c3cccc(Cl)c3)no2)ccc1Br. The molecule has 0 saturated heterocycles. The Morgan fingerprint density at radius 3 is 2.88 bits per heavy atom. The fourth-order valence-electron chi connectivity index (χ4n) is 2.13. The summed E-state index contributed by atoms with van der Waals surface area (Å²) in [6, 6.07) is 13.2. The molecule has 0 amide bonds. The Hall–Kier alpha value is -1.96. The van der Waals surface area contributed by atoms with E-state index in [4.69, 9.17) is 28.3 Å². The third kappa shape index (κ3) is 4.78. The summed E-state index contributed by atoms with van der Waals surface area (Å²) < 4.78 is 6.29. The minimum absolute atomic E-state index is 0.328. The van der Waals surface area contributed by atoms with Crippen LogP contribution in [0.3, 0.4) is 0 Å². The molecular formula is C17H14BrClN4OS. The molecule has 0 bridgehead atoms. The van der Waals surface area contributed by atoms with Crippen molar-refractivity contribution >= 4 is 50.5 Å². The molecule has 0 atom stereocenters. The largest absolute Gasteiger partial charge is 0.353 e. The van der Waals surface area contributed by atoms with Crippen LogP contribution in [0.5, 0.6) is 0 Å². The normalized spacial score (nSPS) is 10.5. The Labute approximate surface area is 163 Å². The van der Waals surface area contributed by atoms with Crippen LogP contribution in [-0.4, -0.2) is 15.3 Å². The molecule has 3 rings (SSSR count). The van der Waals surface area contributed by atoms with Crippen LogP contribution in [0.25, 0.3) is 11.4 Å². The van der Waals surface area contributed by atoms with Gasteiger partial charge in [0.15, 0.2) is 5.11 Å². The van der Waals surface area contributed by atoms with Gasteiger partial charge in [0.25, 0.3) is 0 Å². The van der Waals surface area contributed by atoms with Gasteiger partial charge in [-0.05, 0) is 55.0 Å². The zero-order chi connectivity index (χ0) is 17.8. The van der Waals surface area contributed by atoms with E-state index in [0.717, 1.165) is 21.3 Å². The summed E-state index contributed by atoms with van der Waals surface area (Å²) in [5.74, 6) is 0.924. The lowest BCUT2D eigenvalue weighted by atomic mass is 10.2. The van der Waals surface area contributed by atoms with Crippen LogP contribution in [0, 0.1) is 6.92 Å². The summed E-state index contributed by atoms with van der Waals surface area (Å²) in [6.45, 7) is 2.34. The van der Waals surface area contributed by atoms with Crippen molar-refractivity contribution in [3.05, 3.63) is 63.4 Å². The van der Waals surface area contributed by atoms with Crippen LogP contribution >= 0.6 is 39.7 Å². The highest BCUT2D eigenvalue weighted by molar-refractivity contribution is 9.10. The number of aromatic nitrogens is 2. The smallest absolute Gasteiger partial charge is 0.246 e. The number of hydrogen-bond acceptors (Lipinski definition) is 4. The van der Waals surface area contributed by atoms with E-state index in [0.29, 0.717) is 28.4 Å². The lowest BCUT2D eigenvalue weighted by Gasteiger charge is -2.10. The summed E-state index contributed by atoms with van der Waals surface area (Å²) in [6.07, 6.45) is 0. The van der Waals surface area contributed by atoms with Crippen molar-refractivity contribution in [1.82, 2.24) is 15.5 Å². The van der Waals surface area contributed by atoms with Gasteiger partial charge in [0.1, 0.15) is 0 Å². The predicted octanol–water partition coefficient (Wildman–Crippen LogP) is 4.95. The third-order valence-corrected chi connectivity index (χ3v) is 4.74. The first-order valence-corrected chi connectivity index (χ1v) is 8.99. The molecule has 2 N–H and O–H groups in total. The van der Waals surface area contributed by atoms with Gasteiger partial charge in [-0.1, -0.05) is 44.8 Å². The van der Waals surface area contributed by atoms with E-state index in [1.54, 1.807) is 12.1 Å². The van der Waals surface area contributed by atoms with Gasteiger partial charge in [-0.2, -0.15) is 4.98 Å². The number of nitrogens with zero attached hydrogens (tertiary/aromatic N) is 2. The maximum Gasteiger partial charge on any atom is 0.246 e. The summed E-state index contributed by atoms with van der Waals surface area (Å²) in [7, 11) is 0. The minimum Gasteiger partial charge on any atom is -0.353 e. The van der Waals surface area contributed by atoms with Gasteiger partial charge in [-0.25, -0.2) is 0 Å². The van der Waals surface area contributed by atoms with Gasteiger partial charge in [0, 0.05) is 20.7 Å². The van der Waals surface area contributed by atoms with E-state index in [1.165, 1.54) is 0 Å². The molecule has 1 heterocycles. The molecule has 0 spiro atoms. The van der Waals surface area contributed by atoms with Crippen molar-refractivity contribution in [1.29, 1.82) is 0 Å². The number of hydrogen-bond donors (Lipinski definition) is 2. The molecule has 0 aliphatic heterocycles. The second kappa shape index (κ2) is 7.95. The quantitative estimate of drug-likeness (QED) is 0.563. The Kier molecular flexibility index (Phi) is 5.67. The zero-order valence-electron chi connectivity index (χ0n) is 13.2. The molecule has 0 aliphatic rings. The second-order valence-corrected chi connectivity index (χ2v) is 6.99. The van der Waals surface area contributed by atoms with Gasteiger partial charge in [0.05, 0.1) is 6.54 Å². The zero-order valence-corrected chi connectivity index (χ0v) is 16.4. The number of halogens is 2. The summed E-state index contributed by atoms with van der Waals surface area (Å²) in [4.78, 5) is 4.33. The van der Waals surface area contributed by atoms with Crippen LogP contribution in [0.15, 0.2) is 51.5 Å². The van der Waals surface area contributed by atoms with Crippen molar-refractivity contribution < 1.29 is 4.52 Å². The molecule has 0 unspecified atom stereocenters. The number of thiocarbonyl (C=S) groups is 1. The van der Waals surface area contributed by atoms with Gasteiger partial charge < -0.3 is 15.2 Å². The molecule has 1 aromatic heterocycles. The number of rotatable bonds is 4. The Balaban J connectivity index is 1.58. The summed E-state index contributed by atoms with van der Waals surface area (Å²) >= 11 is 14.7. The fraction of sp³-hybridized carbons (Fsp3) is 0.118. The van der Waals surface area contributed by atoms with Crippen molar-refractivity contribution in [3.63, 3.8) is 0 Å². The average Bonchev–Trinajstić information content (AvgIpc) is 3.05. The number of anilines is 1. The van der Waals surface area contributed by atoms with E-state index < -0.39 is 0 Å². The van der Waals surface area contributed by atoms with Crippen LogP contribution in [0.2, 0.25) is 5.02 Å². The van der Waals surface area contributed by atoms with Crippen molar-refractivity contribution in [3.8, 4) is 11.4 Å². The van der Waals surface area contributed by atoms with Gasteiger partial charge in [-0.3, -0.25) is 0 Å². The highest BCUT2D eigenvalue weighted by Crippen LogP contribution is 2.21. The number of nitrogens with one attached hydrogen (secondary N) is 2. The monoisotopic (exact) mass is 436 g/mol. The predicted molar refractivity (Wildman–Crippen MR) is 107 cm³/mol. The van der Waals surface area contributed by atoms with Crippen LogP contribution < -0.4 is 10.6 Å². The highest BCUT2D eigenvalue weighted by atomic mass is 79.9. The Morgan fingerprint density at radius 2 is 2.12 bits per heavy atom. The van der Waals surface area contributed by atoms with E-state index in [9.17, 15) is 0 Å². The molecule has 3 aromatic rings. The van der Waals surface area contributed by atoms with Gasteiger partial charge >= 0.3 is 0 Å². The average molecular weight is 438 g/mol. The summed E-state index contributed by atoms with van der Waals surface area (Å²) in [5, 5.41) is 11.2. The standard InChI is InChI=1S/C17H14BrClN4OS/c1-10-7-13(5-6-14(10)18)21-17(25)20-9-15-22-16(23-24-15)11-3-2-4-12(19)8-11/h2-8H,9H2,1H3,(H2,20,21,25). The molecule has 8 heteroatoms. The topological polar surface area (TPSA) is 63.0 Å².